The largest absolute Gasteiger partial charge is 0.253 e. The van der Waals surface area contributed by atoms with Crippen LogP contribution < -0.4 is 0 Å². The molecule has 0 N–H and O–H groups in total. The molecule has 1 heterocycles. The van der Waals surface area contributed by atoms with Gasteiger partial charge in [-0.3, -0.25) is 4.98 Å². The maximum absolute atomic E-state index is 6.31. The van der Waals surface area contributed by atoms with Crippen molar-refractivity contribution in [2.45, 2.75) is 20.3 Å². The molecule has 0 bridgehead atoms. The van der Waals surface area contributed by atoms with Crippen molar-refractivity contribution in [3.63, 3.8) is 0 Å². The van der Waals surface area contributed by atoms with E-state index in [1.807, 2.05) is 31.2 Å². The van der Waals surface area contributed by atoms with E-state index in [9.17, 15) is 0 Å². The number of aromatic nitrogens is 1. The molecule has 0 fully saturated rings. The zero-order chi connectivity index (χ0) is 10.1. The summed E-state index contributed by atoms with van der Waals surface area (Å²) >= 11 is 6.31. The second kappa shape index (κ2) is 4.82. The molecular weight excluding hydrogens is 229 g/mol. The minimum absolute atomic E-state index is 0. The number of pyridine rings is 1. The first-order valence-electron chi connectivity index (χ1n) is 4.77. The van der Waals surface area contributed by atoms with Crippen molar-refractivity contribution in [2.24, 2.45) is 0 Å². The van der Waals surface area contributed by atoms with Gasteiger partial charge in [0.05, 0.1) is 10.5 Å². The topological polar surface area (TPSA) is 12.9 Å². The summed E-state index contributed by atoms with van der Waals surface area (Å²) in [6, 6.07) is 7.98. The highest BCUT2D eigenvalue weighted by Crippen LogP contribution is 2.27. The summed E-state index contributed by atoms with van der Waals surface area (Å²) in [4.78, 5) is 4.52. The molecule has 0 aliphatic carbocycles. The van der Waals surface area contributed by atoms with Crippen LogP contribution in [0.2, 0.25) is 5.02 Å². The van der Waals surface area contributed by atoms with Crippen LogP contribution in [0.3, 0.4) is 0 Å². The molecule has 0 saturated carbocycles. The van der Waals surface area contributed by atoms with E-state index < -0.39 is 0 Å². The monoisotopic (exact) mass is 241 g/mol. The second-order valence-electron chi connectivity index (χ2n) is 3.36. The van der Waals surface area contributed by atoms with Crippen molar-refractivity contribution in [3.8, 4) is 0 Å². The van der Waals surface area contributed by atoms with Gasteiger partial charge in [0.2, 0.25) is 0 Å². The van der Waals surface area contributed by atoms with Crippen molar-refractivity contribution in [1.29, 1.82) is 0 Å². The molecule has 0 atom stereocenters. The Labute approximate surface area is 101 Å². The Balaban J connectivity index is 0.00000112. The van der Waals surface area contributed by atoms with Crippen molar-refractivity contribution < 1.29 is 0 Å². The average Bonchev–Trinajstić information content (AvgIpc) is 2.18. The van der Waals surface area contributed by atoms with E-state index >= 15 is 0 Å². The molecule has 2 rings (SSSR count). The van der Waals surface area contributed by atoms with Gasteiger partial charge in [-0.15, -0.1) is 12.4 Å². The Morgan fingerprint density at radius 3 is 2.60 bits per heavy atom. The maximum Gasteiger partial charge on any atom is 0.0720 e. The van der Waals surface area contributed by atoms with E-state index in [2.05, 4.69) is 11.9 Å². The lowest BCUT2D eigenvalue weighted by molar-refractivity contribution is 1.07. The normalized spacial score (nSPS) is 10.1. The first kappa shape index (κ1) is 12.3. The van der Waals surface area contributed by atoms with E-state index in [0.717, 1.165) is 33.6 Å². The molecule has 80 valence electrons. The van der Waals surface area contributed by atoms with Gasteiger partial charge in [0, 0.05) is 11.1 Å². The molecule has 0 unspecified atom stereocenters. The standard InChI is InChI=1S/C12H12ClN.ClH/c1-3-9-8(2)14-11-7-5-4-6-10(11)12(9)13;/h4-7H,3H2,1-2H3;1H. The zero-order valence-electron chi connectivity index (χ0n) is 8.75. The molecule has 2 aromatic rings. The van der Waals surface area contributed by atoms with E-state index in [0.29, 0.717) is 0 Å². The third-order valence-corrected chi connectivity index (χ3v) is 2.92. The van der Waals surface area contributed by atoms with Crippen LogP contribution in [0.25, 0.3) is 10.9 Å². The van der Waals surface area contributed by atoms with Crippen LogP contribution in [-0.4, -0.2) is 4.98 Å². The SMILES string of the molecule is CCc1c(C)nc2ccccc2c1Cl.Cl. The van der Waals surface area contributed by atoms with Crippen LogP contribution in [0.4, 0.5) is 0 Å². The number of fused-ring (bicyclic) bond motifs is 1. The Morgan fingerprint density at radius 2 is 1.93 bits per heavy atom. The summed E-state index contributed by atoms with van der Waals surface area (Å²) < 4.78 is 0. The Morgan fingerprint density at radius 1 is 1.27 bits per heavy atom. The summed E-state index contributed by atoms with van der Waals surface area (Å²) in [7, 11) is 0. The van der Waals surface area contributed by atoms with Crippen LogP contribution in [0, 0.1) is 6.92 Å². The van der Waals surface area contributed by atoms with Gasteiger partial charge in [0.1, 0.15) is 0 Å². The van der Waals surface area contributed by atoms with Crippen LogP contribution >= 0.6 is 24.0 Å². The molecule has 0 spiro atoms. The highest BCUT2D eigenvalue weighted by Gasteiger charge is 2.07. The molecule has 0 radical (unpaired) electrons. The molecule has 3 heteroatoms. The van der Waals surface area contributed by atoms with E-state index in [1.165, 1.54) is 0 Å². The number of para-hydroxylation sites is 1. The van der Waals surface area contributed by atoms with Crippen molar-refractivity contribution in [3.05, 3.63) is 40.5 Å². The smallest absolute Gasteiger partial charge is 0.0720 e. The van der Waals surface area contributed by atoms with Crippen LogP contribution in [0.15, 0.2) is 24.3 Å². The fraction of sp³-hybridized carbons (Fsp3) is 0.250. The fourth-order valence-electron chi connectivity index (χ4n) is 1.74. The minimum Gasteiger partial charge on any atom is -0.253 e. The molecule has 15 heavy (non-hydrogen) atoms. The Hall–Kier alpha value is -0.790. The second-order valence-corrected chi connectivity index (χ2v) is 3.74. The van der Waals surface area contributed by atoms with Crippen molar-refractivity contribution in [2.75, 3.05) is 0 Å². The highest BCUT2D eigenvalue weighted by atomic mass is 35.5. The molecule has 0 aliphatic rings. The zero-order valence-corrected chi connectivity index (χ0v) is 10.3. The fourth-order valence-corrected chi connectivity index (χ4v) is 2.17. The van der Waals surface area contributed by atoms with E-state index in [1.54, 1.807) is 0 Å². The predicted molar refractivity (Wildman–Crippen MR) is 68.1 cm³/mol. The van der Waals surface area contributed by atoms with Crippen molar-refractivity contribution >= 4 is 34.9 Å². The number of rotatable bonds is 1. The van der Waals surface area contributed by atoms with Gasteiger partial charge < -0.3 is 0 Å². The van der Waals surface area contributed by atoms with E-state index in [-0.39, 0.29) is 12.4 Å². The predicted octanol–water partition coefficient (Wildman–Crippen LogP) is 4.18. The quantitative estimate of drug-likeness (QED) is 0.730. The maximum atomic E-state index is 6.31. The van der Waals surface area contributed by atoms with Gasteiger partial charge in [-0.05, 0) is 25.0 Å². The molecule has 1 aromatic heterocycles. The van der Waals surface area contributed by atoms with Crippen LogP contribution in [-0.2, 0) is 6.42 Å². The lowest BCUT2D eigenvalue weighted by Gasteiger charge is -2.08. The lowest BCUT2D eigenvalue weighted by atomic mass is 10.1. The first-order chi connectivity index (χ1) is 6.74. The minimum atomic E-state index is 0. The van der Waals surface area contributed by atoms with Crippen LogP contribution in [0.5, 0.6) is 0 Å². The van der Waals surface area contributed by atoms with Gasteiger partial charge in [0.15, 0.2) is 0 Å². The Bertz CT molecular complexity index is 480. The van der Waals surface area contributed by atoms with Gasteiger partial charge in [-0.2, -0.15) is 0 Å². The Kier molecular flexibility index (Phi) is 3.95. The van der Waals surface area contributed by atoms with Crippen LogP contribution in [0.1, 0.15) is 18.2 Å². The van der Waals surface area contributed by atoms with Gasteiger partial charge in [-0.25, -0.2) is 0 Å². The summed E-state index contributed by atoms with van der Waals surface area (Å²) in [5.74, 6) is 0. The summed E-state index contributed by atoms with van der Waals surface area (Å²) in [5.41, 5.74) is 3.17. The van der Waals surface area contributed by atoms with E-state index in [4.69, 9.17) is 11.6 Å². The number of hydrogen-bond acceptors (Lipinski definition) is 1. The summed E-state index contributed by atoms with van der Waals surface area (Å²) in [6.07, 6.45) is 0.933. The van der Waals surface area contributed by atoms with Crippen molar-refractivity contribution in [1.82, 2.24) is 4.98 Å². The number of hydrogen-bond donors (Lipinski definition) is 0. The highest BCUT2D eigenvalue weighted by molar-refractivity contribution is 6.36. The first-order valence-corrected chi connectivity index (χ1v) is 5.15. The third kappa shape index (κ3) is 2.09. The number of halogens is 2. The number of aryl methyl sites for hydroxylation is 1. The summed E-state index contributed by atoms with van der Waals surface area (Å²) in [5, 5.41) is 1.91. The number of benzene rings is 1. The average molecular weight is 242 g/mol. The molecular formula is C12H13Cl2N. The lowest BCUT2D eigenvalue weighted by Crippen LogP contribution is -1.93. The van der Waals surface area contributed by atoms with Gasteiger partial charge >= 0.3 is 0 Å². The molecule has 0 aliphatic heterocycles. The third-order valence-electron chi connectivity index (χ3n) is 2.48. The molecule has 0 saturated heterocycles. The number of nitrogens with zero attached hydrogens (tertiary/aromatic N) is 1. The molecule has 1 aromatic carbocycles. The van der Waals surface area contributed by atoms with Gasteiger partial charge in [-0.1, -0.05) is 36.7 Å². The van der Waals surface area contributed by atoms with Gasteiger partial charge in [0.25, 0.3) is 0 Å². The summed E-state index contributed by atoms with van der Waals surface area (Å²) in [6.45, 7) is 4.11. The molecule has 0 amide bonds. The molecule has 1 nitrogen and oxygen atoms in total.